The first-order chi connectivity index (χ1) is 17.3. The van der Waals surface area contributed by atoms with Crippen molar-refractivity contribution in [2.45, 2.75) is 39.7 Å². The number of ketones is 1. The fourth-order valence-corrected chi connectivity index (χ4v) is 4.99. The van der Waals surface area contributed by atoms with Crippen LogP contribution in [0, 0.1) is 11.8 Å². The molecule has 0 bridgehead atoms. The number of allylic oxidation sites excluding steroid dienone is 3. The van der Waals surface area contributed by atoms with Crippen LogP contribution in [-0.4, -0.2) is 31.4 Å². The number of carbonyl (C=O) groups is 3. The number of rotatable bonds is 7. The molecule has 2 aliphatic rings. The third-order valence-electron chi connectivity index (χ3n) is 6.70. The average Bonchev–Trinajstić information content (AvgIpc) is 2.87. The van der Waals surface area contributed by atoms with Gasteiger partial charge in [0.1, 0.15) is 18.3 Å². The molecule has 36 heavy (non-hydrogen) atoms. The van der Waals surface area contributed by atoms with Gasteiger partial charge in [0.15, 0.2) is 5.78 Å². The van der Waals surface area contributed by atoms with Crippen molar-refractivity contribution in [3.8, 4) is 5.75 Å². The Bertz CT molecular complexity index is 1210. The summed E-state index contributed by atoms with van der Waals surface area (Å²) >= 11 is 0. The zero-order chi connectivity index (χ0) is 25.8. The molecular weight excluding hydrogens is 458 g/mol. The second kappa shape index (κ2) is 10.8. The van der Waals surface area contributed by atoms with Gasteiger partial charge in [-0.25, -0.2) is 4.79 Å². The number of ether oxygens (including phenoxy) is 3. The van der Waals surface area contributed by atoms with Crippen molar-refractivity contribution in [2.24, 2.45) is 11.8 Å². The fraction of sp³-hybridized carbons (Fsp3) is 0.345. The third-order valence-corrected chi connectivity index (χ3v) is 6.70. The van der Waals surface area contributed by atoms with Gasteiger partial charge in [-0.2, -0.15) is 0 Å². The lowest BCUT2D eigenvalue weighted by Crippen LogP contribution is -2.43. The van der Waals surface area contributed by atoms with E-state index in [1.807, 2.05) is 68.4 Å². The van der Waals surface area contributed by atoms with E-state index >= 15 is 0 Å². The molecule has 1 N–H and O–H groups in total. The Morgan fingerprint density at radius 3 is 2.39 bits per heavy atom. The van der Waals surface area contributed by atoms with E-state index in [2.05, 4.69) is 5.32 Å². The van der Waals surface area contributed by atoms with Crippen LogP contribution in [0.25, 0.3) is 0 Å². The molecule has 0 fully saturated rings. The van der Waals surface area contributed by atoms with E-state index in [9.17, 15) is 14.4 Å². The third kappa shape index (κ3) is 4.91. The number of nitrogens with one attached hydrogen (secondary N) is 1. The number of hydrogen-bond donors (Lipinski definition) is 1. The minimum atomic E-state index is -0.923. The van der Waals surface area contributed by atoms with Gasteiger partial charge < -0.3 is 19.5 Å². The van der Waals surface area contributed by atoms with Gasteiger partial charge in [0.25, 0.3) is 0 Å². The van der Waals surface area contributed by atoms with E-state index < -0.39 is 23.8 Å². The minimum Gasteiger partial charge on any atom is -0.489 e. The van der Waals surface area contributed by atoms with Crippen LogP contribution in [0.4, 0.5) is 0 Å². The highest BCUT2D eigenvalue weighted by Gasteiger charge is 2.47. The van der Waals surface area contributed by atoms with Crippen LogP contribution in [0.5, 0.6) is 5.75 Å². The number of Topliss-reactive ketones (excluding diaryl/α,β-unsaturated/α-hetero) is 1. The van der Waals surface area contributed by atoms with Crippen LogP contribution >= 0.6 is 0 Å². The summed E-state index contributed by atoms with van der Waals surface area (Å²) in [4.78, 5) is 39.3. The van der Waals surface area contributed by atoms with Crippen molar-refractivity contribution in [1.82, 2.24) is 5.32 Å². The van der Waals surface area contributed by atoms with Crippen LogP contribution in [0.2, 0.25) is 0 Å². The maximum absolute atomic E-state index is 13.7. The maximum atomic E-state index is 13.7. The van der Waals surface area contributed by atoms with E-state index in [-0.39, 0.29) is 18.3 Å². The monoisotopic (exact) mass is 489 g/mol. The van der Waals surface area contributed by atoms with Crippen molar-refractivity contribution in [2.75, 3.05) is 13.7 Å². The first-order valence-electron chi connectivity index (χ1n) is 12.1. The molecule has 7 heteroatoms. The molecule has 1 aliphatic carbocycles. The molecule has 0 radical (unpaired) electrons. The summed E-state index contributed by atoms with van der Waals surface area (Å²) in [6, 6.07) is 17.2. The van der Waals surface area contributed by atoms with E-state index in [4.69, 9.17) is 14.2 Å². The maximum Gasteiger partial charge on any atom is 0.336 e. The number of hydrogen-bond acceptors (Lipinski definition) is 7. The number of benzene rings is 2. The topological polar surface area (TPSA) is 90.9 Å². The Kier molecular flexibility index (Phi) is 7.58. The molecule has 0 aromatic heterocycles. The molecule has 2 aromatic rings. The smallest absolute Gasteiger partial charge is 0.336 e. The Morgan fingerprint density at radius 2 is 1.75 bits per heavy atom. The highest BCUT2D eigenvalue weighted by Crippen LogP contribution is 2.45. The SMILES string of the molecule is CCOC(=O)C1=C(C)NC2=C(C(=O)[C@H](C(=O)OC)[C@H](C)C2)[C@H]1c1ccc(OCc2ccccc2)cc1. The molecule has 1 aliphatic heterocycles. The van der Waals surface area contributed by atoms with E-state index in [1.54, 1.807) is 6.92 Å². The van der Waals surface area contributed by atoms with Crippen molar-refractivity contribution < 1.29 is 28.6 Å². The standard InChI is InChI=1S/C29H31NO6/c1-5-35-29(33)24-18(3)30-22-15-17(2)23(28(32)34-4)27(31)26(22)25(24)20-11-13-21(14-12-20)36-16-19-9-7-6-8-10-19/h6-14,17,23,25,30H,5,15-16H2,1-4H3/t17-,23-,25+/m1/s1. The molecule has 0 amide bonds. The summed E-state index contributed by atoms with van der Waals surface area (Å²) in [6.45, 7) is 6.04. The molecule has 2 aromatic carbocycles. The van der Waals surface area contributed by atoms with Crippen LogP contribution < -0.4 is 10.1 Å². The van der Waals surface area contributed by atoms with Crippen molar-refractivity contribution in [3.05, 3.63) is 88.3 Å². The van der Waals surface area contributed by atoms with E-state index in [0.29, 0.717) is 35.6 Å². The lowest BCUT2D eigenvalue weighted by Gasteiger charge is -2.38. The summed E-state index contributed by atoms with van der Waals surface area (Å²) in [5, 5.41) is 3.26. The molecule has 0 saturated carbocycles. The normalized spacial score (nSPS) is 21.4. The second-order valence-corrected chi connectivity index (χ2v) is 9.10. The first kappa shape index (κ1) is 25.2. The molecule has 4 rings (SSSR count). The molecular formula is C29H31NO6. The Hall–Kier alpha value is -3.87. The molecule has 0 unspecified atom stereocenters. The largest absolute Gasteiger partial charge is 0.489 e. The highest BCUT2D eigenvalue weighted by atomic mass is 16.5. The summed E-state index contributed by atoms with van der Waals surface area (Å²) in [6.07, 6.45) is 0.489. The fourth-order valence-electron chi connectivity index (χ4n) is 4.99. The second-order valence-electron chi connectivity index (χ2n) is 9.10. The van der Waals surface area contributed by atoms with Crippen LogP contribution in [0.3, 0.4) is 0 Å². The van der Waals surface area contributed by atoms with Crippen LogP contribution in [-0.2, 0) is 30.5 Å². The van der Waals surface area contributed by atoms with Crippen molar-refractivity contribution in [3.63, 3.8) is 0 Å². The molecule has 0 spiro atoms. The molecule has 188 valence electrons. The molecule has 1 heterocycles. The molecule has 0 saturated heterocycles. The van der Waals surface area contributed by atoms with Gasteiger partial charge in [-0.3, -0.25) is 9.59 Å². The van der Waals surface area contributed by atoms with Crippen molar-refractivity contribution >= 4 is 17.7 Å². The first-order valence-corrected chi connectivity index (χ1v) is 12.1. The number of esters is 2. The number of carbonyl (C=O) groups excluding carboxylic acids is 3. The van der Waals surface area contributed by atoms with E-state index in [0.717, 1.165) is 16.8 Å². The Labute approximate surface area is 211 Å². The van der Waals surface area contributed by atoms with Gasteiger partial charge in [-0.15, -0.1) is 0 Å². The van der Waals surface area contributed by atoms with Crippen LogP contribution in [0.1, 0.15) is 44.2 Å². The average molecular weight is 490 g/mol. The summed E-state index contributed by atoms with van der Waals surface area (Å²) in [7, 11) is 1.28. The zero-order valence-electron chi connectivity index (χ0n) is 21.0. The Morgan fingerprint density at radius 1 is 1.06 bits per heavy atom. The highest BCUT2D eigenvalue weighted by molar-refractivity contribution is 6.12. The predicted octanol–water partition coefficient (Wildman–Crippen LogP) is 4.44. The lowest BCUT2D eigenvalue weighted by atomic mass is 9.69. The molecule has 3 atom stereocenters. The van der Waals surface area contributed by atoms with Gasteiger partial charge in [0.05, 0.1) is 19.3 Å². The quantitative estimate of drug-likeness (QED) is 0.454. The summed E-state index contributed by atoms with van der Waals surface area (Å²) < 4.78 is 16.2. The van der Waals surface area contributed by atoms with E-state index in [1.165, 1.54) is 7.11 Å². The summed E-state index contributed by atoms with van der Waals surface area (Å²) in [5.41, 5.74) is 3.93. The Balaban J connectivity index is 1.71. The van der Waals surface area contributed by atoms with Crippen molar-refractivity contribution in [1.29, 1.82) is 0 Å². The van der Waals surface area contributed by atoms with Crippen LogP contribution in [0.15, 0.2) is 77.1 Å². The minimum absolute atomic E-state index is 0.205. The van der Waals surface area contributed by atoms with Gasteiger partial charge in [-0.1, -0.05) is 49.4 Å². The predicted molar refractivity (Wildman–Crippen MR) is 134 cm³/mol. The van der Waals surface area contributed by atoms with Gasteiger partial charge >= 0.3 is 11.9 Å². The summed E-state index contributed by atoms with van der Waals surface area (Å²) in [5.74, 6) is -2.55. The zero-order valence-corrected chi connectivity index (χ0v) is 21.0. The van der Waals surface area contributed by atoms with Gasteiger partial charge in [0.2, 0.25) is 0 Å². The van der Waals surface area contributed by atoms with Gasteiger partial charge in [0, 0.05) is 22.9 Å². The lowest BCUT2D eigenvalue weighted by molar-refractivity contribution is -0.151. The number of dihydropyridines is 1. The van der Waals surface area contributed by atoms with Gasteiger partial charge in [-0.05, 0) is 49.4 Å². The number of methoxy groups -OCH3 is 1. The molecule has 7 nitrogen and oxygen atoms in total.